The molecule has 0 aliphatic heterocycles. The molecule has 0 saturated carbocycles. The molecule has 1 aromatic carbocycles. The van der Waals surface area contributed by atoms with Crippen molar-refractivity contribution in [2.45, 2.75) is 45.2 Å². The maximum atomic E-state index is 11.2. The van der Waals surface area contributed by atoms with Crippen molar-refractivity contribution in [2.75, 3.05) is 6.54 Å². The minimum atomic E-state index is -0.396. The summed E-state index contributed by atoms with van der Waals surface area (Å²) >= 11 is 7.30. The molecular weight excluding hydrogens is 328 g/mol. The first-order valence-corrected chi connectivity index (χ1v) is 9.37. The van der Waals surface area contributed by atoms with Crippen LogP contribution in [0.5, 0.6) is 0 Å². The van der Waals surface area contributed by atoms with Crippen molar-refractivity contribution in [1.82, 2.24) is 9.88 Å². The van der Waals surface area contributed by atoms with Crippen LogP contribution in [0.15, 0.2) is 29.8 Å². The van der Waals surface area contributed by atoms with Gasteiger partial charge in [0.1, 0.15) is 0 Å². The average Bonchev–Trinajstić information content (AvgIpc) is 3.02. The summed E-state index contributed by atoms with van der Waals surface area (Å²) in [6.45, 7) is 4.24. The summed E-state index contributed by atoms with van der Waals surface area (Å²) < 4.78 is 0. The van der Waals surface area contributed by atoms with Crippen LogP contribution in [0.25, 0.3) is 0 Å². The fourth-order valence-electron chi connectivity index (χ4n) is 3.25. The number of hydrogen-bond donors (Lipinski definition) is 0. The Balaban J connectivity index is 1.70. The molecule has 2 aromatic rings. The monoisotopic (exact) mass is 348 g/mol. The minimum Gasteiger partial charge on any atom is -0.296 e. The number of thiazole rings is 1. The van der Waals surface area contributed by atoms with E-state index in [9.17, 15) is 4.79 Å². The Kier molecular flexibility index (Phi) is 5.46. The zero-order valence-corrected chi connectivity index (χ0v) is 14.9. The van der Waals surface area contributed by atoms with Crippen molar-refractivity contribution in [3.8, 4) is 0 Å². The Morgan fingerprint density at radius 1 is 1.39 bits per heavy atom. The molecule has 5 heteroatoms. The van der Waals surface area contributed by atoms with Crippen molar-refractivity contribution in [2.24, 2.45) is 0 Å². The molecule has 1 heterocycles. The molecule has 1 unspecified atom stereocenters. The summed E-state index contributed by atoms with van der Waals surface area (Å²) in [6.07, 6.45) is 4.51. The number of benzene rings is 1. The zero-order valence-electron chi connectivity index (χ0n) is 13.3. The highest BCUT2D eigenvalue weighted by molar-refractivity contribution is 7.09. The summed E-state index contributed by atoms with van der Waals surface area (Å²) in [6, 6.07) is 8.24. The number of carbonyl (C=O) groups is 1. The van der Waals surface area contributed by atoms with E-state index in [1.165, 1.54) is 22.6 Å². The van der Waals surface area contributed by atoms with Crippen LogP contribution in [0.2, 0.25) is 0 Å². The van der Waals surface area contributed by atoms with Gasteiger partial charge in [0.05, 0.1) is 11.2 Å². The van der Waals surface area contributed by atoms with Crippen LogP contribution in [-0.4, -0.2) is 27.7 Å². The molecule has 0 amide bonds. The number of rotatable bonds is 6. The summed E-state index contributed by atoms with van der Waals surface area (Å²) in [5, 5.41) is -0.396. The molecule has 3 rings (SSSR count). The van der Waals surface area contributed by atoms with E-state index >= 15 is 0 Å². The smallest absolute Gasteiger partial charge is 0.252 e. The number of nitrogens with zero attached hydrogens (tertiary/aromatic N) is 2. The quantitative estimate of drug-likeness (QED) is 0.730. The number of carbonyl (C=O) groups excluding carboxylic acids is 1. The highest BCUT2D eigenvalue weighted by atomic mass is 35.5. The van der Waals surface area contributed by atoms with Gasteiger partial charge >= 0.3 is 0 Å². The van der Waals surface area contributed by atoms with Crippen LogP contribution in [0, 0.1) is 0 Å². The highest BCUT2D eigenvalue weighted by Gasteiger charge is 2.25. The maximum Gasteiger partial charge on any atom is 0.252 e. The molecule has 23 heavy (non-hydrogen) atoms. The fraction of sp³-hybridized carbons (Fsp3) is 0.444. The third kappa shape index (κ3) is 4.00. The lowest BCUT2D eigenvalue weighted by Crippen LogP contribution is -2.39. The number of halogens is 1. The van der Waals surface area contributed by atoms with Crippen LogP contribution in [0.3, 0.4) is 0 Å². The van der Waals surface area contributed by atoms with Gasteiger partial charge in [-0.25, -0.2) is 4.98 Å². The van der Waals surface area contributed by atoms with E-state index in [2.05, 4.69) is 16.8 Å². The molecular formula is C18H21ClN2OS. The molecule has 0 N–H and O–H groups in total. The lowest BCUT2D eigenvalue weighted by Gasteiger charge is -2.33. The van der Waals surface area contributed by atoms with E-state index in [0.717, 1.165) is 32.4 Å². The molecule has 1 aromatic heterocycles. The summed E-state index contributed by atoms with van der Waals surface area (Å²) in [5.41, 5.74) is 5.06. The van der Waals surface area contributed by atoms with Crippen LogP contribution in [0.1, 0.15) is 46.3 Å². The molecule has 1 aliphatic rings. The lowest BCUT2D eigenvalue weighted by molar-refractivity contribution is 0.108. The SMILES string of the molecule is CCCN(Cc1ccc(C(=O)Cl)cc1)C1CCc2ncsc2C1. The van der Waals surface area contributed by atoms with Crippen LogP contribution in [-0.2, 0) is 19.4 Å². The third-order valence-electron chi connectivity index (χ3n) is 4.45. The van der Waals surface area contributed by atoms with E-state index in [1.807, 2.05) is 29.8 Å². The standard InChI is InChI=1S/C18H21ClN2OS/c1-2-9-21(11-13-3-5-14(6-4-13)18(19)22)15-7-8-16-17(10-15)23-12-20-16/h3-6,12,15H,2,7-11H2,1H3. The molecule has 1 aliphatic carbocycles. The Bertz CT molecular complexity index is 668. The van der Waals surface area contributed by atoms with Gasteiger partial charge in [-0.1, -0.05) is 19.1 Å². The summed E-state index contributed by atoms with van der Waals surface area (Å²) in [4.78, 5) is 19.7. The van der Waals surface area contributed by atoms with Gasteiger partial charge in [0.2, 0.25) is 0 Å². The van der Waals surface area contributed by atoms with Gasteiger partial charge in [0, 0.05) is 23.0 Å². The van der Waals surface area contributed by atoms with Gasteiger partial charge in [-0.05, 0) is 61.5 Å². The highest BCUT2D eigenvalue weighted by Crippen LogP contribution is 2.27. The van der Waals surface area contributed by atoms with E-state index in [1.54, 1.807) is 11.3 Å². The minimum absolute atomic E-state index is 0.396. The second-order valence-corrected chi connectivity index (χ2v) is 7.34. The molecule has 1 atom stereocenters. The first kappa shape index (κ1) is 16.6. The van der Waals surface area contributed by atoms with Gasteiger partial charge in [-0.15, -0.1) is 11.3 Å². The number of aromatic nitrogens is 1. The second kappa shape index (κ2) is 7.56. The van der Waals surface area contributed by atoms with Gasteiger partial charge in [-0.3, -0.25) is 9.69 Å². The molecule has 0 fully saturated rings. The van der Waals surface area contributed by atoms with Crippen LogP contribution in [0.4, 0.5) is 0 Å². The van der Waals surface area contributed by atoms with Crippen molar-refractivity contribution in [1.29, 1.82) is 0 Å². The Morgan fingerprint density at radius 3 is 2.87 bits per heavy atom. The van der Waals surface area contributed by atoms with E-state index in [4.69, 9.17) is 11.6 Å². The average molecular weight is 349 g/mol. The summed E-state index contributed by atoms with van der Waals surface area (Å²) in [7, 11) is 0. The predicted molar refractivity (Wildman–Crippen MR) is 95.3 cm³/mol. The van der Waals surface area contributed by atoms with Crippen LogP contribution < -0.4 is 0 Å². The third-order valence-corrected chi connectivity index (χ3v) is 5.57. The normalized spacial score (nSPS) is 17.3. The van der Waals surface area contributed by atoms with E-state index in [-0.39, 0.29) is 0 Å². The Morgan fingerprint density at radius 2 is 2.17 bits per heavy atom. The zero-order chi connectivity index (χ0) is 16.2. The van der Waals surface area contributed by atoms with E-state index < -0.39 is 5.24 Å². The number of fused-ring (bicyclic) bond motifs is 1. The lowest BCUT2D eigenvalue weighted by atomic mass is 9.95. The molecule has 0 saturated heterocycles. The topological polar surface area (TPSA) is 33.2 Å². The van der Waals surface area contributed by atoms with Crippen molar-refractivity contribution in [3.05, 3.63) is 51.5 Å². The Labute approximate surface area is 146 Å². The van der Waals surface area contributed by atoms with Gasteiger partial charge < -0.3 is 0 Å². The van der Waals surface area contributed by atoms with Gasteiger partial charge in [-0.2, -0.15) is 0 Å². The fourth-order valence-corrected chi connectivity index (χ4v) is 4.26. The van der Waals surface area contributed by atoms with Crippen molar-refractivity contribution < 1.29 is 4.79 Å². The molecule has 3 nitrogen and oxygen atoms in total. The molecule has 0 spiro atoms. The van der Waals surface area contributed by atoms with Crippen molar-refractivity contribution >= 4 is 28.2 Å². The summed E-state index contributed by atoms with van der Waals surface area (Å²) in [5.74, 6) is 0. The van der Waals surface area contributed by atoms with Gasteiger partial charge in [0.15, 0.2) is 0 Å². The molecule has 122 valence electrons. The van der Waals surface area contributed by atoms with E-state index in [0.29, 0.717) is 11.6 Å². The largest absolute Gasteiger partial charge is 0.296 e. The van der Waals surface area contributed by atoms with Crippen LogP contribution >= 0.6 is 22.9 Å². The first-order chi connectivity index (χ1) is 11.2. The first-order valence-electron chi connectivity index (χ1n) is 8.11. The number of aryl methyl sites for hydroxylation is 1. The van der Waals surface area contributed by atoms with Gasteiger partial charge in [0.25, 0.3) is 5.24 Å². The molecule has 0 bridgehead atoms. The predicted octanol–water partition coefficient (Wildman–Crippen LogP) is 4.29. The second-order valence-electron chi connectivity index (χ2n) is 6.06. The molecule has 0 radical (unpaired) electrons. The van der Waals surface area contributed by atoms with Crippen molar-refractivity contribution in [3.63, 3.8) is 0 Å². The Hall–Kier alpha value is -1.23. The number of hydrogen-bond acceptors (Lipinski definition) is 4. The maximum absolute atomic E-state index is 11.2.